The molecule has 6 heteroatoms. The first kappa shape index (κ1) is 16.1. The van der Waals surface area contributed by atoms with E-state index in [0.29, 0.717) is 25.9 Å². The van der Waals surface area contributed by atoms with Gasteiger partial charge in [-0.25, -0.2) is 4.79 Å². The average Bonchev–Trinajstić information content (AvgIpc) is 2.72. The average molecular weight is 297 g/mol. The molecule has 0 aromatic carbocycles. The third-order valence-electron chi connectivity index (χ3n) is 4.92. The number of carbonyl (C=O) groups excluding carboxylic acids is 1. The number of nitrogens with zero attached hydrogens (tertiary/aromatic N) is 1. The van der Waals surface area contributed by atoms with Crippen LogP contribution in [-0.4, -0.2) is 47.7 Å². The topological polar surface area (TPSA) is 95.7 Å². The Morgan fingerprint density at radius 1 is 1.14 bits per heavy atom. The number of urea groups is 1. The van der Waals surface area contributed by atoms with Gasteiger partial charge in [-0.05, 0) is 25.7 Å². The predicted molar refractivity (Wildman–Crippen MR) is 80.0 cm³/mol. The number of carbonyl (C=O) groups is 2. The van der Waals surface area contributed by atoms with Gasteiger partial charge < -0.3 is 21.1 Å². The highest BCUT2D eigenvalue weighted by atomic mass is 16.4. The molecule has 0 atom stereocenters. The van der Waals surface area contributed by atoms with Crippen LogP contribution in [-0.2, 0) is 4.79 Å². The summed E-state index contributed by atoms with van der Waals surface area (Å²) >= 11 is 0. The molecule has 6 nitrogen and oxygen atoms in total. The number of rotatable bonds is 3. The molecular formula is C15H27N3O3. The number of piperidine rings is 1. The number of hydrogen-bond acceptors (Lipinski definition) is 3. The lowest BCUT2D eigenvalue weighted by Gasteiger charge is -2.33. The molecule has 2 amide bonds. The van der Waals surface area contributed by atoms with Gasteiger partial charge in [0, 0.05) is 25.7 Å². The molecule has 1 saturated heterocycles. The third-order valence-corrected chi connectivity index (χ3v) is 4.92. The summed E-state index contributed by atoms with van der Waals surface area (Å²) in [6, 6.07) is 0.0352. The molecule has 0 spiro atoms. The van der Waals surface area contributed by atoms with Crippen molar-refractivity contribution in [3.8, 4) is 0 Å². The first-order valence-corrected chi connectivity index (χ1v) is 8.05. The standard InChI is InChI=1S/C15H27N3O3/c16-12-5-9-18(10-6-12)14(21)17-11-15(13(19)20)7-3-1-2-4-8-15/h12H,1-11,16H2,(H,17,21)(H,19,20). The molecule has 2 aliphatic rings. The van der Waals surface area contributed by atoms with Gasteiger partial charge in [0.15, 0.2) is 0 Å². The van der Waals surface area contributed by atoms with Crippen molar-refractivity contribution in [3.63, 3.8) is 0 Å². The van der Waals surface area contributed by atoms with Crippen LogP contribution in [0.25, 0.3) is 0 Å². The molecule has 2 rings (SSSR count). The fourth-order valence-electron chi connectivity index (χ4n) is 3.33. The summed E-state index contributed by atoms with van der Waals surface area (Å²) in [5, 5.41) is 12.4. The maximum atomic E-state index is 12.2. The lowest BCUT2D eigenvalue weighted by molar-refractivity contribution is -0.149. The second-order valence-electron chi connectivity index (χ2n) is 6.48. The second-order valence-corrected chi connectivity index (χ2v) is 6.48. The highest BCUT2D eigenvalue weighted by molar-refractivity contribution is 5.78. The summed E-state index contributed by atoms with van der Waals surface area (Å²) in [6.45, 7) is 1.56. The Bertz CT molecular complexity index is 370. The van der Waals surface area contributed by atoms with Crippen molar-refractivity contribution in [1.29, 1.82) is 0 Å². The van der Waals surface area contributed by atoms with E-state index >= 15 is 0 Å². The Balaban J connectivity index is 1.89. The molecule has 21 heavy (non-hydrogen) atoms. The number of nitrogens with one attached hydrogen (secondary N) is 1. The molecule has 0 bridgehead atoms. The van der Waals surface area contributed by atoms with Gasteiger partial charge in [-0.2, -0.15) is 0 Å². The van der Waals surface area contributed by atoms with Gasteiger partial charge in [-0.15, -0.1) is 0 Å². The van der Waals surface area contributed by atoms with Crippen LogP contribution in [0.2, 0.25) is 0 Å². The van der Waals surface area contributed by atoms with Crippen LogP contribution < -0.4 is 11.1 Å². The van der Waals surface area contributed by atoms with Crippen LogP contribution in [0.1, 0.15) is 51.4 Å². The molecule has 2 fully saturated rings. The van der Waals surface area contributed by atoms with Crippen LogP contribution in [0.3, 0.4) is 0 Å². The van der Waals surface area contributed by atoms with Crippen molar-refractivity contribution in [2.24, 2.45) is 11.1 Å². The molecule has 1 heterocycles. The number of likely N-dealkylation sites (tertiary alicyclic amines) is 1. The van der Waals surface area contributed by atoms with E-state index in [4.69, 9.17) is 5.73 Å². The van der Waals surface area contributed by atoms with Crippen molar-refractivity contribution < 1.29 is 14.7 Å². The van der Waals surface area contributed by atoms with E-state index in [9.17, 15) is 14.7 Å². The molecule has 120 valence electrons. The minimum Gasteiger partial charge on any atom is -0.481 e. The Kier molecular flexibility index (Phi) is 5.45. The van der Waals surface area contributed by atoms with Crippen molar-refractivity contribution in [2.45, 2.75) is 57.4 Å². The maximum Gasteiger partial charge on any atom is 0.317 e. The lowest BCUT2D eigenvalue weighted by Crippen LogP contribution is -2.50. The van der Waals surface area contributed by atoms with Crippen LogP contribution in [0.15, 0.2) is 0 Å². The normalized spacial score (nSPS) is 23.4. The Morgan fingerprint density at radius 3 is 2.24 bits per heavy atom. The molecule has 0 aromatic rings. The molecule has 1 saturated carbocycles. The van der Waals surface area contributed by atoms with Gasteiger partial charge >= 0.3 is 12.0 Å². The van der Waals surface area contributed by atoms with E-state index in [0.717, 1.165) is 38.5 Å². The Labute approximate surface area is 126 Å². The zero-order valence-corrected chi connectivity index (χ0v) is 12.6. The van der Waals surface area contributed by atoms with Gasteiger partial charge in [0.2, 0.25) is 0 Å². The lowest BCUT2D eigenvalue weighted by atomic mass is 9.80. The fourth-order valence-corrected chi connectivity index (χ4v) is 3.33. The fraction of sp³-hybridized carbons (Fsp3) is 0.867. The number of hydrogen-bond donors (Lipinski definition) is 3. The van der Waals surface area contributed by atoms with Crippen molar-refractivity contribution in [2.75, 3.05) is 19.6 Å². The Morgan fingerprint density at radius 2 is 1.71 bits per heavy atom. The van der Waals surface area contributed by atoms with Gasteiger partial charge in [0.1, 0.15) is 0 Å². The summed E-state index contributed by atoms with van der Waals surface area (Å²) in [7, 11) is 0. The molecular weight excluding hydrogens is 270 g/mol. The molecule has 4 N–H and O–H groups in total. The molecule has 0 radical (unpaired) electrons. The minimum atomic E-state index is -0.779. The smallest absolute Gasteiger partial charge is 0.317 e. The number of carboxylic acids is 1. The highest BCUT2D eigenvalue weighted by Crippen LogP contribution is 2.34. The summed E-state index contributed by atoms with van der Waals surface area (Å²) in [5.74, 6) is -0.773. The quantitative estimate of drug-likeness (QED) is 0.689. The van der Waals surface area contributed by atoms with E-state index < -0.39 is 11.4 Å². The van der Waals surface area contributed by atoms with Gasteiger partial charge in [0.25, 0.3) is 0 Å². The first-order chi connectivity index (χ1) is 10.0. The van der Waals surface area contributed by atoms with Crippen molar-refractivity contribution >= 4 is 12.0 Å². The van der Waals surface area contributed by atoms with E-state index in [1.165, 1.54) is 0 Å². The zero-order valence-electron chi connectivity index (χ0n) is 12.6. The molecule has 1 aliphatic heterocycles. The van der Waals surface area contributed by atoms with Crippen LogP contribution in [0, 0.1) is 5.41 Å². The summed E-state index contributed by atoms with van der Waals surface area (Å²) in [4.78, 5) is 25.6. The second kappa shape index (κ2) is 7.11. The maximum absolute atomic E-state index is 12.2. The van der Waals surface area contributed by atoms with Crippen LogP contribution >= 0.6 is 0 Å². The van der Waals surface area contributed by atoms with Crippen molar-refractivity contribution in [1.82, 2.24) is 10.2 Å². The molecule has 0 aromatic heterocycles. The van der Waals surface area contributed by atoms with Gasteiger partial charge in [-0.1, -0.05) is 25.7 Å². The van der Waals surface area contributed by atoms with Crippen LogP contribution in [0.4, 0.5) is 4.79 Å². The zero-order chi connectivity index (χ0) is 15.3. The van der Waals surface area contributed by atoms with Gasteiger partial charge in [-0.3, -0.25) is 4.79 Å². The summed E-state index contributed by atoms with van der Waals surface area (Å²) in [5.41, 5.74) is 5.05. The number of aliphatic carboxylic acids is 1. The van der Waals surface area contributed by atoms with E-state index in [2.05, 4.69) is 5.32 Å². The largest absolute Gasteiger partial charge is 0.481 e. The van der Waals surface area contributed by atoms with Crippen molar-refractivity contribution in [3.05, 3.63) is 0 Å². The number of nitrogens with two attached hydrogens (primary N) is 1. The minimum absolute atomic E-state index is 0.147. The van der Waals surface area contributed by atoms with E-state index in [1.54, 1.807) is 4.90 Å². The van der Waals surface area contributed by atoms with Gasteiger partial charge in [0.05, 0.1) is 5.41 Å². The SMILES string of the molecule is NC1CCN(C(=O)NCC2(C(=O)O)CCCCCC2)CC1. The third kappa shape index (κ3) is 4.09. The first-order valence-electron chi connectivity index (χ1n) is 8.05. The highest BCUT2D eigenvalue weighted by Gasteiger charge is 2.39. The Hall–Kier alpha value is -1.30. The van der Waals surface area contributed by atoms with E-state index in [1.807, 2.05) is 0 Å². The van der Waals surface area contributed by atoms with E-state index in [-0.39, 0.29) is 18.6 Å². The summed E-state index contributed by atoms with van der Waals surface area (Å²) in [6.07, 6.45) is 7.00. The summed E-state index contributed by atoms with van der Waals surface area (Å²) < 4.78 is 0. The number of carboxylic acid groups (broad SMARTS) is 1. The number of amides is 2. The predicted octanol–water partition coefficient (Wildman–Crippen LogP) is 1.54. The molecule has 0 unspecified atom stereocenters. The van der Waals surface area contributed by atoms with Crippen LogP contribution in [0.5, 0.6) is 0 Å². The monoisotopic (exact) mass is 297 g/mol. The molecule has 1 aliphatic carbocycles.